The highest BCUT2D eigenvalue weighted by atomic mass is 16.6. The van der Waals surface area contributed by atoms with Crippen molar-refractivity contribution in [2.24, 2.45) is 0 Å². The van der Waals surface area contributed by atoms with E-state index in [1.807, 2.05) is 39.8 Å². The van der Waals surface area contributed by atoms with E-state index in [2.05, 4.69) is 25.2 Å². The third kappa shape index (κ3) is 5.03. The van der Waals surface area contributed by atoms with Crippen LogP contribution in [0.1, 0.15) is 45.7 Å². The second-order valence-electron chi connectivity index (χ2n) is 9.23. The molecule has 2 aliphatic heterocycles. The third-order valence-corrected chi connectivity index (χ3v) is 5.66. The van der Waals surface area contributed by atoms with E-state index in [-0.39, 0.29) is 12.1 Å². The smallest absolute Gasteiger partial charge is 0.410 e. The van der Waals surface area contributed by atoms with E-state index in [1.165, 1.54) is 0 Å². The number of aromatic nitrogens is 3. The van der Waals surface area contributed by atoms with Crippen LogP contribution in [0.15, 0.2) is 24.7 Å². The largest absolute Gasteiger partial charge is 0.486 e. The zero-order valence-corrected chi connectivity index (χ0v) is 19.3. The summed E-state index contributed by atoms with van der Waals surface area (Å²) in [6, 6.07) is 4.13. The highest BCUT2D eigenvalue weighted by Crippen LogP contribution is 2.38. The topological polar surface area (TPSA) is 92.7 Å². The van der Waals surface area contributed by atoms with Gasteiger partial charge in [0.2, 0.25) is 5.75 Å². The lowest BCUT2D eigenvalue weighted by Gasteiger charge is -2.39. The van der Waals surface area contributed by atoms with Crippen LogP contribution < -0.4 is 15.0 Å². The molecule has 0 aliphatic carbocycles. The number of aryl methyl sites for hydroxylation is 1. The normalized spacial score (nSPS) is 17.2. The van der Waals surface area contributed by atoms with Crippen LogP contribution in [0, 0.1) is 6.92 Å². The Balaban J connectivity index is 1.50. The Bertz CT molecular complexity index is 953. The maximum absolute atomic E-state index is 12.4. The molecule has 4 rings (SSSR count). The summed E-state index contributed by atoms with van der Waals surface area (Å²) in [5.41, 5.74) is 1.29. The first-order valence-corrected chi connectivity index (χ1v) is 11.2. The van der Waals surface area contributed by atoms with E-state index in [0.717, 1.165) is 43.0 Å². The number of hydrogen-bond donors (Lipinski definition) is 1. The van der Waals surface area contributed by atoms with Gasteiger partial charge in [0.15, 0.2) is 11.6 Å². The molecule has 1 amide bonds. The number of nitrogens with zero attached hydrogens (tertiary/aromatic N) is 5. The predicted molar refractivity (Wildman–Crippen MR) is 123 cm³/mol. The van der Waals surface area contributed by atoms with Crippen LogP contribution in [0.3, 0.4) is 0 Å². The first kappa shape index (κ1) is 22.1. The summed E-state index contributed by atoms with van der Waals surface area (Å²) < 4.78 is 11.6. The van der Waals surface area contributed by atoms with Crippen LogP contribution in [0.4, 0.5) is 22.1 Å². The number of piperidine rings is 1. The van der Waals surface area contributed by atoms with Crippen LogP contribution in [0.5, 0.6) is 5.75 Å². The molecule has 4 heterocycles. The quantitative estimate of drug-likeness (QED) is 0.768. The first-order valence-electron chi connectivity index (χ1n) is 11.2. The highest BCUT2D eigenvalue weighted by molar-refractivity contribution is 5.71. The Hall–Kier alpha value is -3.10. The molecule has 0 aromatic carbocycles. The van der Waals surface area contributed by atoms with Gasteiger partial charge in [-0.25, -0.2) is 14.8 Å². The average molecular weight is 441 g/mol. The molecule has 1 saturated heterocycles. The molecule has 0 unspecified atom stereocenters. The van der Waals surface area contributed by atoms with Crippen LogP contribution in [0.2, 0.25) is 0 Å². The number of hydrogen-bond acceptors (Lipinski definition) is 8. The van der Waals surface area contributed by atoms with Crippen molar-refractivity contribution in [2.75, 3.05) is 36.5 Å². The van der Waals surface area contributed by atoms with Crippen LogP contribution >= 0.6 is 0 Å². The van der Waals surface area contributed by atoms with E-state index in [4.69, 9.17) is 9.47 Å². The van der Waals surface area contributed by atoms with Gasteiger partial charge in [-0.1, -0.05) is 0 Å². The Morgan fingerprint density at radius 1 is 1.19 bits per heavy atom. The molecule has 0 bridgehead atoms. The summed E-state index contributed by atoms with van der Waals surface area (Å²) in [4.78, 5) is 29.9. The fourth-order valence-electron chi connectivity index (χ4n) is 4.09. The van der Waals surface area contributed by atoms with Crippen molar-refractivity contribution < 1.29 is 14.3 Å². The summed E-state index contributed by atoms with van der Waals surface area (Å²) in [6.07, 6.45) is 5.71. The van der Waals surface area contributed by atoms with Crippen LogP contribution in [-0.4, -0.2) is 63.8 Å². The van der Waals surface area contributed by atoms with Crippen LogP contribution in [0.25, 0.3) is 0 Å². The monoisotopic (exact) mass is 440 g/mol. The number of amides is 1. The molecule has 0 spiro atoms. The number of carbonyl (C=O) groups is 1. The fraction of sp³-hybridized carbons (Fsp3) is 0.565. The molecule has 1 fully saturated rings. The lowest BCUT2D eigenvalue weighted by atomic mass is 10.0. The van der Waals surface area contributed by atoms with E-state index in [9.17, 15) is 4.79 Å². The van der Waals surface area contributed by atoms with Crippen LogP contribution in [-0.2, 0) is 4.74 Å². The van der Waals surface area contributed by atoms with Crippen molar-refractivity contribution in [3.05, 3.63) is 30.4 Å². The van der Waals surface area contributed by atoms with Gasteiger partial charge < -0.3 is 24.6 Å². The number of nitrogens with one attached hydrogen (secondary N) is 1. The van der Waals surface area contributed by atoms with E-state index < -0.39 is 5.60 Å². The lowest BCUT2D eigenvalue weighted by Crippen LogP contribution is -2.48. The average Bonchev–Trinajstić information content (AvgIpc) is 2.98. The van der Waals surface area contributed by atoms with E-state index in [1.54, 1.807) is 17.4 Å². The molecule has 1 N–H and O–H groups in total. The van der Waals surface area contributed by atoms with Gasteiger partial charge in [0.1, 0.15) is 11.9 Å². The minimum Gasteiger partial charge on any atom is -0.486 e. The molecule has 2 aromatic heterocycles. The Morgan fingerprint density at radius 3 is 2.69 bits per heavy atom. The molecule has 9 nitrogen and oxygen atoms in total. The zero-order valence-electron chi connectivity index (χ0n) is 19.3. The van der Waals surface area contributed by atoms with Crippen molar-refractivity contribution >= 4 is 23.4 Å². The molecule has 0 saturated carbocycles. The minimum absolute atomic E-state index is 0.240. The van der Waals surface area contributed by atoms with Gasteiger partial charge in [-0.05, 0) is 59.1 Å². The molecule has 172 valence electrons. The van der Waals surface area contributed by atoms with E-state index in [0.29, 0.717) is 31.3 Å². The van der Waals surface area contributed by atoms with Gasteiger partial charge in [0, 0.05) is 31.9 Å². The summed E-state index contributed by atoms with van der Waals surface area (Å²) in [6.45, 7) is 10.4. The maximum atomic E-state index is 12.4. The van der Waals surface area contributed by atoms with Gasteiger partial charge in [-0.3, -0.25) is 4.98 Å². The van der Waals surface area contributed by atoms with E-state index >= 15 is 0 Å². The van der Waals surface area contributed by atoms with Gasteiger partial charge in [0.25, 0.3) is 0 Å². The summed E-state index contributed by atoms with van der Waals surface area (Å²) >= 11 is 0. The summed E-state index contributed by atoms with van der Waals surface area (Å²) in [5, 5.41) is 3.36. The number of likely N-dealkylation sites (tertiary alicyclic amines) is 1. The van der Waals surface area contributed by atoms with Gasteiger partial charge >= 0.3 is 6.09 Å². The molecule has 2 aromatic rings. The Labute approximate surface area is 189 Å². The summed E-state index contributed by atoms with van der Waals surface area (Å²) in [5.74, 6) is 2.12. The number of ether oxygens (including phenoxy) is 2. The molecule has 0 atom stereocenters. The van der Waals surface area contributed by atoms with Crippen molar-refractivity contribution in [3.8, 4) is 5.75 Å². The molecular formula is C23H32N6O3. The number of fused-ring (bicyclic) bond motifs is 1. The zero-order chi connectivity index (χ0) is 22.7. The molecular weight excluding hydrogens is 408 g/mol. The van der Waals surface area contributed by atoms with Gasteiger partial charge in [-0.15, -0.1) is 0 Å². The number of anilines is 3. The number of rotatable bonds is 3. The van der Waals surface area contributed by atoms with Crippen molar-refractivity contribution in [1.29, 1.82) is 0 Å². The third-order valence-electron chi connectivity index (χ3n) is 5.66. The second kappa shape index (κ2) is 9.18. The highest BCUT2D eigenvalue weighted by Gasteiger charge is 2.33. The minimum atomic E-state index is -0.484. The Kier molecular flexibility index (Phi) is 6.34. The maximum Gasteiger partial charge on any atom is 0.410 e. The van der Waals surface area contributed by atoms with Crippen molar-refractivity contribution in [2.45, 2.75) is 58.6 Å². The molecule has 9 heteroatoms. The SMILES string of the molecule is Cc1ncccc1Nc1ncnc2c1OCCCN2C1CCN(C(=O)OC(C)(C)C)CC1. The van der Waals surface area contributed by atoms with Gasteiger partial charge in [-0.2, -0.15) is 0 Å². The standard InChI is InChI=1S/C23H32N6O3/c1-16-18(7-5-10-24-16)27-20-19-21(26-15-25-20)29(11-6-14-31-19)17-8-12-28(13-9-17)22(30)32-23(2,3)4/h5,7,10,15,17H,6,8-9,11-14H2,1-4H3,(H,25,26,27). The fourth-order valence-corrected chi connectivity index (χ4v) is 4.09. The Morgan fingerprint density at radius 2 is 1.97 bits per heavy atom. The second-order valence-corrected chi connectivity index (χ2v) is 9.23. The first-order chi connectivity index (χ1) is 15.3. The van der Waals surface area contributed by atoms with Gasteiger partial charge in [0.05, 0.1) is 18.0 Å². The molecule has 0 radical (unpaired) electrons. The number of pyridine rings is 1. The van der Waals surface area contributed by atoms with Crippen molar-refractivity contribution in [3.63, 3.8) is 0 Å². The molecule has 32 heavy (non-hydrogen) atoms. The van der Waals surface area contributed by atoms with Crippen molar-refractivity contribution in [1.82, 2.24) is 19.9 Å². The lowest BCUT2D eigenvalue weighted by molar-refractivity contribution is 0.0204. The molecule has 2 aliphatic rings. The number of carbonyl (C=O) groups excluding carboxylic acids is 1. The summed E-state index contributed by atoms with van der Waals surface area (Å²) in [7, 11) is 0. The predicted octanol–water partition coefficient (Wildman–Crippen LogP) is 3.91.